The molecule has 0 aromatic heterocycles. The molecular weight excluding hydrogens is 200 g/mol. The van der Waals surface area contributed by atoms with Gasteiger partial charge in [0.1, 0.15) is 6.79 Å². The fourth-order valence-electron chi connectivity index (χ4n) is 0.604. The Hall–Kier alpha value is -0.540. The summed E-state index contributed by atoms with van der Waals surface area (Å²) in [5.74, 6) is 0. The molecule has 1 rings (SSSR count). The summed E-state index contributed by atoms with van der Waals surface area (Å²) in [6.07, 6.45) is 0. The Morgan fingerprint density at radius 2 is 1.08 bits per heavy atom. The maximum absolute atomic E-state index is 8.74. The predicted molar refractivity (Wildman–Crippen MR) is 47.0 cm³/mol. The Kier molecular flexibility index (Phi) is 11.0. The Morgan fingerprint density at radius 3 is 1.15 bits per heavy atom. The molecule has 8 heteroatoms. The van der Waals surface area contributed by atoms with Crippen molar-refractivity contribution in [2.24, 2.45) is 0 Å². The Bertz CT molecular complexity index is 170. The van der Waals surface area contributed by atoms with Crippen LogP contribution in [-0.2, 0) is 15.2 Å². The van der Waals surface area contributed by atoms with Gasteiger partial charge < -0.3 is 15.4 Å². The van der Waals surface area contributed by atoms with Gasteiger partial charge in [-0.1, -0.05) is 0 Å². The molecule has 1 heterocycles. The van der Waals surface area contributed by atoms with Crippen molar-refractivity contribution in [2.75, 3.05) is 26.2 Å². The van der Waals surface area contributed by atoms with Crippen LogP contribution >= 0.6 is 0 Å². The van der Waals surface area contributed by atoms with Gasteiger partial charge in [0.25, 0.3) is 0 Å². The number of nitrogens with one attached hydrogen (secondary N) is 2. The molecule has 0 amide bonds. The topological polar surface area (TPSA) is 116 Å². The standard InChI is InChI=1S/C4H10N2.CH2O.H2O4S/c1-2-6-4-3-5-1;1-2;1-5(2,3)4/h5-6H,1-4H2;1H2;(H2,1,2,3,4). The first-order valence-electron chi connectivity index (χ1n) is 3.40. The fourth-order valence-corrected chi connectivity index (χ4v) is 0.604. The molecule has 0 saturated carbocycles. The van der Waals surface area contributed by atoms with Crippen LogP contribution in [0.5, 0.6) is 0 Å². The van der Waals surface area contributed by atoms with E-state index in [0.29, 0.717) is 0 Å². The van der Waals surface area contributed by atoms with E-state index in [-0.39, 0.29) is 0 Å². The van der Waals surface area contributed by atoms with E-state index < -0.39 is 10.4 Å². The summed E-state index contributed by atoms with van der Waals surface area (Å²) in [6, 6.07) is 0. The van der Waals surface area contributed by atoms with E-state index in [1.165, 1.54) is 0 Å². The van der Waals surface area contributed by atoms with Crippen LogP contribution in [0.1, 0.15) is 0 Å². The summed E-state index contributed by atoms with van der Waals surface area (Å²) in [7, 11) is -4.67. The zero-order chi connectivity index (χ0) is 10.7. The quantitative estimate of drug-likeness (QED) is 0.357. The van der Waals surface area contributed by atoms with Gasteiger partial charge in [0.15, 0.2) is 0 Å². The van der Waals surface area contributed by atoms with Crippen LogP contribution in [0.15, 0.2) is 0 Å². The van der Waals surface area contributed by atoms with E-state index in [9.17, 15) is 0 Å². The van der Waals surface area contributed by atoms with Gasteiger partial charge in [-0.2, -0.15) is 8.42 Å². The molecule has 0 aliphatic carbocycles. The van der Waals surface area contributed by atoms with Crippen LogP contribution in [-0.4, -0.2) is 50.5 Å². The van der Waals surface area contributed by atoms with Crippen molar-refractivity contribution in [3.8, 4) is 0 Å². The van der Waals surface area contributed by atoms with Crippen molar-refractivity contribution >= 4 is 17.2 Å². The molecule has 1 saturated heterocycles. The summed E-state index contributed by atoms with van der Waals surface area (Å²) in [4.78, 5) is 8.00. The van der Waals surface area contributed by atoms with Crippen LogP contribution in [0, 0.1) is 0 Å². The number of hydrogen-bond donors (Lipinski definition) is 4. The van der Waals surface area contributed by atoms with Crippen molar-refractivity contribution in [3.05, 3.63) is 0 Å². The highest BCUT2D eigenvalue weighted by Gasteiger charge is 1.91. The van der Waals surface area contributed by atoms with Gasteiger partial charge in [0.05, 0.1) is 0 Å². The monoisotopic (exact) mass is 214 g/mol. The molecule has 4 N–H and O–H groups in total. The largest absolute Gasteiger partial charge is 0.394 e. The minimum Gasteiger partial charge on any atom is -0.314 e. The number of hydrogen-bond acceptors (Lipinski definition) is 5. The van der Waals surface area contributed by atoms with E-state index >= 15 is 0 Å². The number of rotatable bonds is 0. The number of carbonyl (C=O) groups excluding carboxylic acids is 1. The van der Waals surface area contributed by atoms with E-state index in [1.54, 1.807) is 0 Å². The summed E-state index contributed by atoms with van der Waals surface area (Å²) in [6.45, 7) is 6.56. The minimum absolute atomic E-state index is 1.14. The van der Waals surface area contributed by atoms with Crippen LogP contribution in [0.2, 0.25) is 0 Å². The van der Waals surface area contributed by atoms with Crippen molar-refractivity contribution in [2.45, 2.75) is 0 Å². The molecule has 80 valence electrons. The molecule has 0 atom stereocenters. The van der Waals surface area contributed by atoms with Crippen LogP contribution in [0.3, 0.4) is 0 Å². The van der Waals surface area contributed by atoms with Gasteiger partial charge in [-0.25, -0.2) is 0 Å². The van der Waals surface area contributed by atoms with Gasteiger partial charge in [0, 0.05) is 26.2 Å². The lowest BCUT2D eigenvalue weighted by atomic mass is 10.4. The molecule has 13 heavy (non-hydrogen) atoms. The SMILES string of the molecule is C1CNCCN1.C=O.O=S(=O)(O)O. The van der Waals surface area contributed by atoms with Crippen LogP contribution in [0.25, 0.3) is 0 Å². The fraction of sp³-hybridized carbons (Fsp3) is 0.800. The van der Waals surface area contributed by atoms with Crippen LogP contribution in [0.4, 0.5) is 0 Å². The first-order valence-corrected chi connectivity index (χ1v) is 4.80. The minimum atomic E-state index is -4.67. The first-order chi connectivity index (χ1) is 6.00. The highest BCUT2D eigenvalue weighted by molar-refractivity contribution is 7.79. The second kappa shape index (κ2) is 9.55. The summed E-state index contributed by atoms with van der Waals surface area (Å²) in [5.41, 5.74) is 0. The van der Waals surface area contributed by atoms with Crippen molar-refractivity contribution in [1.82, 2.24) is 10.6 Å². The Morgan fingerprint density at radius 1 is 0.923 bits per heavy atom. The van der Waals surface area contributed by atoms with E-state index in [2.05, 4.69) is 10.6 Å². The predicted octanol–water partition coefficient (Wildman–Crippen LogP) is -1.66. The molecule has 1 aliphatic heterocycles. The third-order valence-electron chi connectivity index (χ3n) is 0.957. The number of carbonyl (C=O) groups is 1. The smallest absolute Gasteiger partial charge is 0.314 e. The van der Waals surface area contributed by atoms with Gasteiger partial charge in [-0.15, -0.1) is 0 Å². The van der Waals surface area contributed by atoms with Gasteiger partial charge in [-0.3, -0.25) is 9.11 Å². The van der Waals surface area contributed by atoms with E-state index in [4.69, 9.17) is 22.3 Å². The average Bonchev–Trinajstić information content (AvgIpc) is 2.08. The van der Waals surface area contributed by atoms with Crippen molar-refractivity contribution in [1.29, 1.82) is 0 Å². The zero-order valence-corrected chi connectivity index (χ0v) is 7.88. The highest BCUT2D eigenvalue weighted by Crippen LogP contribution is 1.65. The Balaban J connectivity index is 0. The third-order valence-corrected chi connectivity index (χ3v) is 0.957. The third kappa shape index (κ3) is 34.4. The first kappa shape index (κ1) is 15.0. The lowest BCUT2D eigenvalue weighted by molar-refractivity contribution is -0.0979. The maximum atomic E-state index is 8.74. The molecule has 0 aromatic rings. The normalized spacial score (nSPS) is 15.8. The molecule has 7 nitrogen and oxygen atoms in total. The van der Waals surface area contributed by atoms with Crippen molar-refractivity contribution < 1.29 is 22.3 Å². The molecule has 0 bridgehead atoms. The van der Waals surface area contributed by atoms with Gasteiger partial charge >= 0.3 is 10.4 Å². The lowest BCUT2D eigenvalue weighted by Gasteiger charge is -2.11. The molecule has 0 spiro atoms. The van der Waals surface area contributed by atoms with Gasteiger partial charge in [0.2, 0.25) is 0 Å². The molecule has 0 unspecified atom stereocenters. The van der Waals surface area contributed by atoms with Crippen molar-refractivity contribution in [3.63, 3.8) is 0 Å². The summed E-state index contributed by atoms with van der Waals surface area (Å²) >= 11 is 0. The molecular formula is C5H14N2O5S. The Labute approximate surface area is 77.1 Å². The highest BCUT2D eigenvalue weighted by atomic mass is 32.3. The molecule has 0 radical (unpaired) electrons. The lowest BCUT2D eigenvalue weighted by Crippen LogP contribution is -2.39. The second-order valence-corrected chi connectivity index (χ2v) is 2.84. The summed E-state index contributed by atoms with van der Waals surface area (Å²) in [5, 5.41) is 6.44. The van der Waals surface area contributed by atoms with Gasteiger partial charge in [-0.05, 0) is 0 Å². The molecule has 0 aromatic carbocycles. The summed E-state index contributed by atoms with van der Waals surface area (Å²) < 4.78 is 31.6. The molecule has 1 fully saturated rings. The maximum Gasteiger partial charge on any atom is 0.394 e. The second-order valence-electron chi connectivity index (χ2n) is 1.95. The zero-order valence-electron chi connectivity index (χ0n) is 7.06. The number of piperazine rings is 1. The van der Waals surface area contributed by atoms with Crippen LogP contribution < -0.4 is 10.6 Å². The van der Waals surface area contributed by atoms with E-state index in [0.717, 1.165) is 26.2 Å². The molecule has 1 aliphatic rings. The average molecular weight is 214 g/mol. The van der Waals surface area contributed by atoms with E-state index in [1.807, 2.05) is 6.79 Å².